The van der Waals surface area contributed by atoms with E-state index in [9.17, 15) is 5.02 Å². The van der Waals surface area contributed by atoms with Crippen molar-refractivity contribution in [2.75, 3.05) is 17.2 Å². The van der Waals surface area contributed by atoms with Crippen molar-refractivity contribution in [1.82, 2.24) is 0 Å². The van der Waals surface area contributed by atoms with E-state index in [1.165, 1.54) is 16.3 Å². The smallest absolute Gasteiger partial charge is 0.407 e. The summed E-state index contributed by atoms with van der Waals surface area (Å²) in [5, 5.41) is 12.2. The SMILES string of the molecule is CB(O)N1CC(CCl)c2c1[c-]cc1ccccc21.[W]. The molecule has 1 aliphatic rings. The van der Waals surface area contributed by atoms with Gasteiger partial charge < -0.3 is 9.83 Å². The summed E-state index contributed by atoms with van der Waals surface area (Å²) in [6.07, 6.45) is 0. The average Bonchev–Trinajstić information content (AvgIpc) is 2.78. The number of rotatable bonds is 2. The van der Waals surface area contributed by atoms with Crippen molar-refractivity contribution in [3.05, 3.63) is 42.0 Å². The van der Waals surface area contributed by atoms with Gasteiger partial charge >= 0.3 is 7.05 Å². The van der Waals surface area contributed by atoms with E-state index < -0.39 is 7.05 Å². The Hall–Kier alpha value is -0.497. The predicted molar refractivity (Wildman–Crippen MR) is 77.4 cm³/mol. The first-order chi connectivity index (χ1) is 8.72. The van der Waals surface area contributed by atoms with Crippen LogP contribution < -0.4 is 4.81 Å². The summed E-state index contributed by atoms with van der Waals surface area (Å²) >= 11 is 6.08. The van der Waals surface area contributed by atoms with E-state index in [4.69, 9.17) is 11.6 Å². The third kappa shape index (κ3) is 2.44. The Labute approximate surface area is 133 Å². The molecule has 1 aliphatic heterocycles. The topological polar surface area (TPSA) is 23.5 Å². The van der Waals surface area contributed by atoms with Crippen LogP contribution in [0.25, 0.3) is 10.8 Å². The minimum absolute atomic E-state index is 0. The van der Waals surface area contributed by atoms with Crippen molar-refractivity contribution in [2.24, 2.45) is 0 Å². The van der Waals surface area contributed by atoms with E-state index in [-0.39, 0.29) is 27.0 Å². The third-order valence-corrected chi connectivity index (χ3v) is 3.99. The molecule has 3 rings (SSSR count). The van der Waals surface area contributed by atoms with E-state index in [0.29, 0.717) is 5.88 Å². The molecule has 2 nitrogen and oxygen atoms in total. The molecule has 0 saturated carbocycles. The van der Waals surface area contributed by atoms with Crippen molar-refractivity contribution in [1.29, 1.82) is 0 Å². The fraction of sp³-hybridized carbons (Fsp3) is 0.286. The second-order valence-electron chi connectivity index (χ2n) is 4.77. The van der Waals surface area contributed by atoms with E-state index in [0.717, 1.165) is 12.2 Å². The molecule has 1 atom stereocenters. The Morgan fingerprint density at radius 2 is 2.21 bits per heavy atom. The van der Waals surface area contributed by atoms with Crippen LogP contribution in [0.5, 0.6) is 0 Å². The van der Waals surface area contributed by atoms with Crippen LogP contribution in [0.4, 0.5) is 5.69 Å². The number of fused-ring (bicyclic) bond motifs is 3. The zero-order chi connectivity index (χ0) is 12.7. The van der Waals surface area contributed by atoms with Crippen LogP contribution in [0.2, 0.25) is 6.82 Å². The molecule has 0 aromatic heterocycles. The molecule has 0 radical (unpaired) electrons. The molecule has 1 unspecified atom stereocenters. The molecule has 1 N–H and O–H groups in total. The van der Waals surface area contributed by atoms with Gasteiger partial charge in [0, 0.05) is 33.5 Å². The monoisotopic (exact) mass is 442 g/mol. The van der Waals surface area contributed by atoms with Gasteiger partial charge in [-0.3, -0.25) is 0 Å². The van der Waals surface area contributed by atoms with Crippen LogP contribution in [-0.2, 0) is 21.1 Å². The molecule has 1 heterocycles. The van der Waals surface area contributed by atoms with Crippen molar-refractivity contribution >= 4 is 35.1 Å². The first-order valence-electron chi connectivity index (χ1n) is 6.16. The van der Waals surface area contributed by atoms with Crippen LogP contribution in [0, 0.1) is 6.07 Å². The Kier molecular flexibility index (Phi) is 4.60. The molecule has 0 amide bonds. The number of alkyl halides is 1. The van der Waals surface area contributed by atoms with Crippen LogP contribution in [0.15, 0.2) is 30.3 Å². The minimum Gasteiger partial charge on any atom is -0.433 e. The van der Waals surface area contributed by atoms with Gasteiger partial charge in [0.05, 0.1) is 0 Å². The van der Waals surface area contributed by atoms with E-state index >= 15 is 0 Å². The normalized spacial score (nSPS) is 17.2. The van der Waals surface area contributed by atoms with Crippen LogP contribution in [-0.4, -0.2) is 24.5 Å². The maximum absolute atomic E-state index is 9.85. The summed E-state index contributed by atoms with van der Waals surface area (Å²) in [6, 6.07) is 13.6. The van der Waals surface area contributed by atoms with Gasteiger partial charge in [0.15, 0.2) is 0 Å². The van der Waals surface area contributed by atoms with Crippen molar-refractivity contribution in [3.63, 3.8) is 0 Å². The Morgan fingerprint density at radius 3 is 2.89 bits per heavy atom. The first kappa shape index (κ1) is 14.9. The fourth-order valence-corrected chi connectivity index (χ4v) is 3.01. The van der Waals surface area contributed by atoms with E-state index in [1.54, 1.807) is 6.82 Å². The Morgan fingerprint density at radius 1 is 1.47 bits per heavy atom. The number of nitrogens with zero attached hydrogens (tertiary/aromatic N) is 1. The molecule has 0 fully saturated rings. The third-order valence-electron chi connectivity index (χ3n) is 3.62. The first-order valence-corrected chi connectivity index (χ1v) is 6.70. The van der Waals surface area contributed by atoms with Gasteiger partial charge in [-0.2, -0.15) is 12.1 Å². The number of halogens is 1. The van der Waals surface area contributed by atoms with E-state index in [1.807, 2.05) is 23.0 Å². The van der Waals surface area contributed by atoms with Gasteiger partial charge in [-0.25, -0.2) is 0 Å². The van der Waals surface area contributed by atoms with Crippen LogP contribution in [0.1, 0.15) is 11.5 Å². The molecule has 2 aromatic rings. The second-order valence-corrected chi connectivity index (χ2v) is 5.08. The molecule has 0 saturated heterocycles. The molecule has 5 heteroatoms. The average molecular weight is 442 g/mol. The largest absolute Gasteiger partial charge is 0.433 e. The van der Waals surface area contributed by atoms with Gasteiger partial charge in [-0.15, -0.1) is 34.0 Å². The number of hydrogen-bond donors (Lipinski definition) is 1. The maximum atomic E-state index is 9.85. The van der Waals surface area contributed by atoms with Crippen LogP contribution in [0.3, 0.4) is 0 Å². The summed E-state index contributed by atoms with van der Waals surface area (Å²) in [5.74, 6) is 0.830. The summed E-state index contributed by atoms with van der Waals surface area (Å²) in [7, 11) is -0.505. The van der Waals surface area contributed by atoms with Gasteiger partial charge in [0.25, 0.3) is 0 Å². The number of benzene rings is 2. The van der Waals surface area contributed by atoms with Crippen LogP contribution >= 0.6 is 11.6 Å². The zero-order valence-corrected chi connectivity index (χ0v) is 14.3. The summed E-state index contributed by atoms with van der Waals surface area (Å²) in [4.78, 5) is 1.97. The molecule has 0 aliphatic carbocycles. The van der Waals surface area contributed by atoms with Crippen molar-refractivity contribution < 1.29 is 26.1 Å². The van der Waals surface area contributed by atoms with Crippen molar-refractivity contribution in [2.45, 2.75) is 12.7 Å². The van der Waals surface area contributed by atoms with Gasteiger partial charge in [-0.1, -0.05) is 23.9 Å². The quantitative estimate of drug-likeness (QED) is 0.440. The molecule has 2 aromatic carbocycles. The predicted octanol–water partition coefficient (Wildman–Crippen LogP) is 2.89. The zero-order valence-electron chi connectivity index (χ0n) is 10.6. The standard InChI is InChI=1S/C14H14BClNO.W/c1-15(18)17-9-11(8-16)14-12-5-3-2-4-10(12)6-7-13(14)17;/h2-6,11,18H,8-9H2,1H3;/q-1;. The minimum atomic E-state index is -0.505. The molecule has 0 bridgehead atoms. The number of anilines is 1. The fourth-order valence-electron chi connectivity index (χ4n) is 2.76. The molecular formula is C14H14BClNOW-. The summed E-state index contributed by atoms with van der Waals surface area (Å²) in [6.45, 7) is 2.55. The van der Waals surface area contributed by atoms with Gasteiger partial charge in [0.2, 0.25) is 0 Å². The molecule has 19 heavy (non-hydrogen) atoms. The molecular weight excluding hydrogens is 428 g/mol. The van der Waals surface area contributed by atoms with E-state index in [2.05, 4.69) is 18.2 Å². The number of hydrogen-bond acceptors (Lipinski definition) is 2. The van der Waals surface area contributed by atoms with Crippen molar-refractivity contribution in [3.8, 4) is 0 Å². The Balaban J connectivity index is 0.00000133. The summed E-state index contributed by atoms with van der Waals surface area (Å²) in [5.41, 5.74) is 2.22. The summed E-state index contributed by atoms with van der Waals surface area (Å²) < 4.78 is 0. The second kappa shape index (κ2) is 5.87. The molecule has 0 spiro atoms. The Bertz CT molecular complexity index is 593. The maximum Gasteiger partial charge on any atom is 0.407 e. The molecule has 98 valence electrons. The van der Waals surface area contributed by atoms with Gasteiger partial charge in [-0.05, 0) is 12.7 Å². The van der Waals surface area contributed by atoms with Gasteiger partial charge in [0.1, 0.15) is 0 Å².